The van der Waals surface area contributed by atoms with Crippen LogP contribution >= 0.6 is 11.6 Å². The lowest BCUT2D eigenvalue weighted by atomic mass is 10.2. The first kappa shape index (κ1) is 18.7. The van der Waals surface area contributed by atoms with Crippen LogP contribution < -0.4 is 4.90 Å². The van der Waals surface area contributed by atoms with E-state index in [2.05, 4.69) is 32.3 Å². The molecule has 0 radical (unpaired) electrons. The largest absolute Gasteiger partial charge is 0.368 e. The lowest BCUT2D eigenvalue weighted by molar-refractivity contribution is 0.202. The Morgan fingerprint density at radius 2 is 1.73 bits per heavy atom. The van der Waals surface area contributed by atoms with Crippen molar-refractivity contribution in [2.45, 2.75) is 24.9 Å². The number of hydrogen-bond donors (Lipinski definition) is 0. The Kier molecular flexibility index (Phi) is 4.16. The molecule has 1 aliphatic carbocycles. The first-order valence-corrected chi connectivity index (χ1v) is 12.6. The van der Waals surface area contributed by atoms with Crippen molar-refractivity contribution in [3.63, 3.8) is 0 Å². The molecule has 4 heterocycles. The van der Waals surface area contributed by atoms with Crippen molar-refractivity contribution in [2.75, 3.05) is 42.6 Å². The van der Waals surface area contributed by atoms with Gasteiger partial charge in [-0.15, -0.1) is 0 Å². The van der Waals surface area contributed by atoms with Crippen LogP contribution in [0.2, 0.25) is 5.02 Å². The van der Waals surface area contributed by atoms with Crippen molar-refractivity contribution >= 4 is 38.0 Å². The van der Waals surface area contributed by atoms with Crippen LogP contribution in [0.1, 0.15) is 18.9 Å². The maximum absolute atomic E-state index is 11.5. The molecule has 0 spiro atoms. The van der Waals surface area contributed by atoms with Crippen LogP contribution in [0.25, 0.3) is 16.6 Å². The molecule has 8 nitrogen and oxygen atoms in total. The van der Waals surface area contributed by atoms with Crippen LogP contribution in [0.5, 0.6) is 0 Å². The minimum absolute atomic E-state index is 0.180. The summed E-state index contributed by atoms with van der Waals surface area (Å²) in [5.74, 6) is 0.598. The predicted molar refractivity (Wildman–Crippen MR) is 116 cm³/mol. The van der Waals surface area contributed by atoms with Gasteiger partial charge in [0, 0.05) is 37.6 Å². The summed E-state index contributed by atoms with van der Waals surface area (Å²) in [6, 6.07) is 4.81. The molecule has 1 saturated carbocycles. The number of hydrogen-bond acceptors (Lipinski definition) is 6. The fourth-order valence-electron chi connectivity index (χ4n) is 4.54. The van der Waals surface area contributed by atoms with E-state index in [0.29, 0.717) is 17.5 Å². The van der Waals surface area contributed by atoms with Gasteiger partial charge in [0.2, 0.25) is 0 Å². The zero-order valence-corrected chi connectivity index (χ0v) is 18.1. The minimum atomic E-state index is -2.79. The van der Waals surface area contributed by atoms with E-state index in [1.54, 1.807) is 0 Å². The van der Waals surface area contributed by atoms with E-state index in [4.69, 9.17) is 11.6 Å². The number of benzene rings is 1. The van der Waals surface area contributed by atoms with E-state index >= 15 is 0 Å². The fraction of sp³-hybridized carbons (Fsp3) is 0.500. The Labute approximate surface area is 179 Å². The summed E-state index contributed by atoms with van der Waals surface area (Å²) in [6.45, 7) is 3.36. The number of aromatic nitrogens is 4. The summed E-state index contributed by atoms with van der Waals surface area (Å²) >= 11 is 6.63. The van der Waals surface area contributed by atoms with Gasteiger partial charge in [-0.2, -0.15) is 10.2 Å². The predicted octanol–water partition coefficient (Wildman–Crippen LogP) is 2.13. The minimum Gasteiger partial charge on any atom is -0.368 e. The molecule has 3 aliphatic rings. The molecule has 0 amide bonds. The molecule has 0 atom stereocenters. The van der Waals surface area contributed by atoms with Crippen molar-refractivity contribution in [1.29, 1.82) is 0 Å². The molecular formula is C20H23ClN6O2S. The van der Waals surface area contributed by atoms with Gasteiger partial charge < -0.3 is 4.90 Å². The highest BCUT2D eigenvalue weighted by Gasteiger charge is 2.38. The second-order valence-corrected chi connectivity index (χ2v) is 11.1. The summed E-state index contributed by atoms with van der Waals surface area (Å²) in [7, 11) is -2.79. The van der Waals surface area contributed by atoms with Gasteiger partial charge in [-0.3, -0.25) is 9.58 Å². The quantitative estimate of drug-likeness (QED) is 0.611. The van der Waals surface area contributed by atoms with Gasteiger partial charge in [-0.1, -0.05) is 11.6 Å². The van der Waals surface area contributed by atoms with E-state index in [9.17, 15) is 8.42 Å². The summed E-state index contributed by atoms with van der Waals surface area (Å²) in [4.78, 5) is 4.58. The Morgan fingerprint density at radius 3 is 2.43 bits per heavy atom. The average molecular weight is 447 g/mol. The van der Waals surface area contributed by atoms with Gasteiger partial charge in [0.1, 0.15) is 5.69 Å². The third-order valence-corrected chi connectivity index (χ3v) is 8.54. The van der Waals surface area contributed by atoms with Gasteiger partial charge in [0.05, 0.1) is 52.4 Å². The van der Waals surface area contributed by atoms with Gasteiger partial charge >= 0.3 is 0 Å². The summed E-state index contributed by atoms with van der Waals surface area (Å²) in [5.41, 5.74) is 2.97. The van der Waals surface area contributed by atoms with Gasteiger partial charge in [-0.25, -0.2) is 13.1 Å². The van der Waals surface area contributed by atoms with E-state index < -0.39 is 9.84 Å². The topological polar surface area (TPSA) is 76.3 Å². The third-order valence-electron chi connectivity index (χ3n) is 6.45. The molecule has 3 fully saturated rings. The van der Waals surface area contributed by atoms with Crippen LogP contribution in [-0.4, -0.2) is 76.6 Å². The maximum Gasteiger partial charge on any atom is 0.153 e. The molecule has 0 bridgehead atoms. The van der Waals surface area contributed by atoms with Gasteiger partial charge in [-0.05, 0) is 25.0 Å². The Balaban J connectivity index is 1.25. The molecule has 3 aromatic rings. The molecule has 1 aromatic carbocycles. The van der Waals surface area contributed by atoms with Crippen LogP contribution in [0.3, 0.4) is 0 Å². The number of nitrogens with zero attached hydrogens (tertiary/aromatic N) is 6. The lowest BCUT2D eigenvalue weighted by Crippen LogP contribution is -2.59. The average Bonchev–Trinajstić information content (AvgIpc) is 3.30. The molecular weight excluding hydrogens is 424 g/mol. The summed E-state index contributed by atoms with van der Waals surface area (Å²) < 4.78 is 26.9. The highest BCUT2D eigenvalue weighted by atomic mass is 35.5. The number of fused-ring (bicyclic) bond motifs is 1. The molecule has 2 saturated heterocycles. The lowest BCUT2D eigenvalue weighted by Gasteiger charge is -2.43. The molecule has 10 heteroatoms. The van der Waals surface area contributed by atoms with Crippen molar-refractivity contribution in [1.82, 2.24) is 24.5 Å². The monoisotopic (exact) mass is 446 g/mol. The summed E-state index contributed by atoms with van der Waals surface area (Å²) in [5, 5.41) is 10.8. The van der Waals surface area contributed by atoms with E-state index in [-0.39, 0.29) is 6.04 Å². The number of piperazine rings is 1. The normalized spacial score (nSPS) is 22.5. The van der Waals surface area contributed by atoms with Gasteiger partial charge in [0.15, 0.2) is 9.84 Å². The molecule has 2 aliphatic heterocycles. The number of anilines is 1. The van der Waals surface area contributed by atoms with Crippen LogP contribution in [0.4, 0.5) is 5.69 Å². The smallest absolute Gasteiger partial charge is 0.153 e. The second-order valence-electron chi connectivity index (χ2n) is 8.58. The molecule has 30 heavy (non-hydrogen) atoms. The SMILES string of the molecule is O=S1(=O)CC(N2CCN(c3cc4c(cnn4-c4cnn(C5CC5)c4)cc3Cl)CC2)C1. The first-order chi connectivity index (χ1) is 14.5. The Hall–Kier alpha value is -2.10. The van der Waals surface area contributed by atoms with Crippen LogP contribution in [0, 0.1) is 0 Å². The molecule has 158 valence electrons. The van der Waals surface area contributed by atoms with E-state index in [1.807, 2.05) is 27.8 Å². The number of rotatable bonds is 4. The van der Waals surface area contributed by atoms with Crippen molar-refractivity contribution in [2.24, 2.45) is 0 Å². The maximum atomic E-state index is 11.5. The summed E-state index contributed by atoms with van der Waals surface area (Å²) in [6.07, 6.45) is 8.15. The van der Waals surface area contributed by atoms with Crippen molar-refractivity contribution < 1.29 is 8.42 Å². The van der Waals surface area contributed by atoms with Crippen molar-refractivity contribution in [3.05, 3.63) is 35.7 Å². The van der Waals surface area contributed by atoms with Crippen LogP contribution in [0.15, 0.2) is 30.7 Å². The van der Waals surface area contributed by atoms with Crippen LogP contribution in [-0.2, 0) is 9.84 Å². The Bertz CT molecular complexity index is 1210. The fourth-order valence-corrected chi connectivity index (χ4v) is 6.32. The number of halogens is 1. The third kappa shape index (κ3) is 3.19. The molecule has 0 N–H and O–H groups in total. The van der Waals surface area contributed by atoms with E-state index in [1.165, 1.54) is 12.8 Å². The van der Waals surface area contributed by atoms with Gasteiger partial charge in [0.25, 0.3) is 0 Å². The number of sulfone groups is 1. The van der Waals surface area contributed by atoms with Crippen molar-refractivity contribution in [3.8, 4) is 5.69 Å². The highest BCUT2D eigenvalue weighted by Crippen LogP contribution is 2.36. The standard InChI is InChI=1S/C20H23ClN6O2S/c21-18-7-14-9-23-27(16-10-22-26(11-16)15-1-2-15)19(14)8-20(18)25-5-3-24(4-6-25)17-12-30(28,29)13-17/h7-11,15,17H,1-6,12-13H2. The zero-order chi connectivity index (χ0) is 20.5. The second kappa shape index (κ2) is 6.70. The molecule has 6 rings (SSSR count). The Morgan fingerprint density at radius 1 is 0.967 bits per heavy atom. The molecule has 0 unspecified atom stereocenters. The highest BCUT2D eigenvalue weighted by molar-refractivity contribution is 7.92. The zero-order valence-electron chi connectivity index (χ0n) is 16.5. The molecule has 2 aromatic heterocycles. The first-order valence-electron chi connectivity index (χ1n) is 10.4. The van der Waals surface area contributed by atoms with E-state index in [0.717, 1.165) is 53.5 Å².